The number of nitrogens with one attached hydrogen (secondary N) is 1. The van der Waals surface area contributed by atoms with Crippen molar-refractivity contribution in [1.29, 1.82) is 0 Å². The second-order valence-corrected chi connectivity index (χ2v) is 4.60. The minimum Gasteiger partial charge on any atom is -0.334 e. The van der Waals surface area contributed by atoms with E-state index in [1.54, 1.807) is 0 Å². The van der Waals surface area contributed by atoms with Gasteiger partial charge >= 0.3 is 0 Å². The SMILES string of the molecule is CCNCCCCn1cnc2c1CCCC2. The first-order valence-electron chi connectivity index (χ1n) is 6.65. The molecule has 0 bridgehead atoms. The fourth-order valence-corrected chi connectivity index (χ4v) is 2.43. The van der Waals surface area contributed by atoms with E-state index in [-0.39, 0.29) is 0 Å². The lowest BCUT2D eigenvalue weighted by atomic mass is 10.0. The maximum atomic E-state index is 4.52. The molecule has 1 aliphatic rings. The first-order valence-corrected chi connectivity index (χ1v) is 6.65. The Kier molecular flexibility index (Phi) is 4.40. The third-order valence-electron chi connectivity index (χ3n) is 3.36. The van der Waals surface area contributed by atoms with Crippen molar-refractivity contribution in [2.75, 3.05) is 13.1 Å². The number of aryl methyl sites for hydroxylation is 2. The Balaban J connectivity index is 1.78. The zero-order valence-electron chi connectivity index (χ0n) is 10.3. The summed E-state index contributed by atoms with van der Waals surface area (Å²) in [5, 5.41) is 3.37. The van der Waals surface area contributed by atoms with Crippen LogP contribution in [0.25, 0.3) is 0 Å². The predicted molar refractivity (Wildman–Crippen MR) is 66.6 cm³/mol. The average molecular weight is 221 g/mol. The molecular weight excluding hydrogens is 198 g/mol. The fourth-order valence-electron chi connectivity index (χ4n) is 2.43. The smallest absolute Gasteiger partial charge is 0.0951 e. The summed E-state index contributed by atoms with van der Waals surface area (Å²) in [5.41, 5.74) is 2.87. The summed E-state index contributed by atoms with van der Waals surface area (Å²) < 4.78 is 2.38. The molecule has 2 rings (SSSR count). The summed E-state index contributed by atoms with van der Waals surface area (Å²) in [6.45, 7) is 5.54. The van der Waals surface area contributed by atoms with Crippen LogP contribution in [0.4, 0.5) is 0 Å². The van der Waals surface area contributed by atoms with E-state index >= 15 is 0 Å². The molecule has 0 unspecified atom stereocenters. The molecule has 1 aliphatic carbocycles. The van der Waals surface area contributed by atoms with Crippen LogP contribution in [0.1, 0.15) is 44.0 Å². The molecule has 0 aliphatic heterocycles. The van der Waals surface area contributed by atoms with Gasteiger partial charge in [-0.2, -0.15) is 0 Å². The van der Waals surface area contributed by atoms with Gasteiger partial charge in [0, 0.05) is 12.2 Å². The van der Waals surface area contributed by atoms with Crippen molar-refractivity contribution < 1.29 is 0 Å². The molecule has 1 N–H and O–H groups in total. The predicted octanol–water partition coefficient (Wildman–Crippen LogP) is 2.15. The van der Waals surface area contributed by atoms with Gasteiger partial charge in [-0.25, -0.2) is 4.98 Å². The molecule has 1 heterocycles. The lowest BCUT2D eigenvalue weighted by Gasteiger charge is -2.13. The molecule has 1 aromatic rings. The topological polar surface area (TPSA) is 29.9 Å². The Morgan fingerprint density at radius 1 is 1.31 bits per heavy atom. The van der Waals surface area contributed by atoms with E-state index in [0.29, 0.717) is 0 Å². The van der Waals surface area contributed by atoms with Crippen LogP contribution in [-0.2, 0) is 19.4 Å². The standard InChI is InChI=1S/C13H23N3/c1-2-14-9-5-6-10-16-11-15-12-7-3-4-8-13(12)16/h11,14H,2-10H2,1H3. The van der Waals surface area contributed by atoms with Crippen molar-refractivity contribution in [1.82, 2.24) is 14.9 Å². The molecule has 0 aromatic carbocycles. The van der Waals surface area contributed by atoms with Crippen molar-refractivity contribution in [2.24, 2.45) is 0 Å². The zero-order valence-corrected chi connectivity index (χ0v) is 10.3. The zero-order chi connectivity index (χ0) is 11.2. The van der Waals surface area contributed by atoms with Crippen molar-refractivity contribution >= 4 is 0 Å². The first-order chi connectivity index (χ1) is 7.92. The number of hydrogen-bond acceptors (Lipinski definition) is 2. The fraction of sp³-hybridized carbons (Fsp3) is 0.769. The molecule has 0 fully saturated rings. The second-order valence-electron chi connectivity index (χ2n) is 4.60. The Morgan fingerprint density at radius 2 is 2.19 bits per heavy atom. The molecule has 0 radical (unpaired) electrons. The Bertz CT molecular complexity index is 317. The normalized spacial score (nSPS) is 15.1. The summed E-state index contributed by atoms with van der Waals surface area (Å²) in [5.74, 6) is 0. The second kappa shape index (κ2) is 6.04. The van der Waals surface area contributed by atoms with Crippen molar-refractivity contribution in [3.63, 3.8) is 0 Å². The van der Waals surface area contributed by atoms with Gasteiger partial charge in [0.1, 0.15) is 0 Å². The largest absolute Gasteiger partial charge is 0.334 e. The molecule has 0 spiro atoms. The van der Waals surface area contributed by atoms with Crippen LogP contribution in [0.2, 0.25) is 0 Å². The van der Waals surface area contributed by atoms with Gasteiger partial charge in [-0.15, -0.1) is 0 Å². The molecule has 0 saturated carbocycles. The van der Waals surface area contributed by atoms with Crippen LogP contribution in [-0.4, -0.2) is 22.6 Å². The summed E-state index contributed by atoms with van der Waals surface area (Å²) in [6.07, 6.45) is 9.67. The van der Waals surface area contributed by atoms with Crippen LogP contribution >= 0.6 is 0 Å². The highest BCUT2D eigenvalue weighted by Crippen LogP contribution is 2.20. The van der Waals surface area contributed by atoms with Crippen molar-refractivity contribution in [3.8, 4) is 0 Å². The first kappa shape index (κ1) is 11.6. The molecule has 90 valence electrons. The molecule has 0 atom stereocenters. The summed E-state index contributed by atoms with van der Waals surface area (Å²) in [6, 6.07) is 0. The Labute approximate surface area is 98.3 Å². The van der Waals surface area contributed by atoms with E-state index in [2.05, 4.69) is 21.8 Å². The molecule has 3 nitrogen and oxygen atoms in total. The van der Waals surface area contributed by atoms with Gasteiger partial charge in [0.05, 0.1) is 12.0 Å². The average Bonchev–Trinajstić information content (AvgIpc) is 2.73. The quantitative estimate of drug-likeness (QED) is 0.746. The Morgan fingerprint density at radius 3 is 3.06 bits per heavy atom. The van der Waals surface area contributed by atoms with Crippen molar-refractivity contribution in [2.45, 2.75) is 52.0 Å². The number of rotatable bonds is 6. The van der Waals surface area contributed by atoms with Crippen LogP contribution < -0.4 is 5.32 Å². The molecule has 0 saturated heterocycles. The minimum absolute atomic E-state index is 1.08. The number of fused-ring (bicyclic) bond motifs is 1. The van der Waals surface area contributed by atoms with Gasteiger partial charge < -0.3 is 9.88 Å². The number of imidazole rings is 1. The van der Waals surface area contributed by atoms with E-state index in [1.807, 2.05) is 6.33 Å². The highest BCUT2D eigenvalue weighted by Gasteiger charge is 2.14. The van der Waals surface area contributed by atoms with Gasteiger partial charge in [0.2, 0.25) is 0 Å². The number of aromatic nitrogens is 2. The van der Waals surface area contributed by atoms with E-state index in [1.165, 1.54) is 49.9 Å². The van der Waals surface area contributed by atoms with Gasteiger partial charge in [-0.3, -0.25) is 0 Å². The summed E-state index contributed by atoms with van der Waals surface area (Å²) in [4.78, 5) is 4.52. The maximum Gasteiger partial charge on any atom is 0.0951 e. The molecule has 0 amide bonds. The van der Waals surface area contributed by atoms with Crippen LogP contribution in [0.5, 0.6) is 0 Å². The van der Waals surface area contributed by atoms with Gasteiger partial charge in [-0.05, 0) is 51.6 Å². The summed E-state index contributed by atoms with van der Waals surface area (Å²) in [7, 11) is 0. The third kappa shape index (κ3) is 2.85. The third-order valence-corrected chi connectivity index (χ3v) is 3.36. The maximum absolute atomic E-state index is 4.52. The Hall–Kier alpha value is -0.830. The van der Waals surface area contributed by atoms with Gasteiger partial charge in [0.15, 0.2) is 0 Å². The number of hydrogen-bond donors (Lipinski definition) is 1. The van der Waals surface area contributed by atoms with Crippen molar-refractivity contribution in [3.05, 3.63) is 17.7 Å². The molecule has 1 aromatic heterocycles. The van der Waals surface area contributed by atoms with Gasteiger partial charge in [-0.1, -0.05) is 6.92 Å². The van der Waals surface area contributed by atoms with E-state index in [9.17, 15) is 0 Å². The van der Waals surface area contributed by atoms with Gasteiger partial charge in [0.25, 0.3) is 0 Å². The van der Waals surface area contributed by atoms with Crippen LogP contribution in [0.15, 0.2) is 6.33 Å². The minimum atomic E-state index is 1.08. The van der Waals surface area contributed by atoms with E-state index < -0.39 is 0 Å². The molecular formula is C13H23N3. The summed E-state index contributed by atoms with van der Waals surface area (Å²) >= 11 is 0. The van der Waals surface area contributed by atoms with E-state index in [4.69, 9.17) is 0 Å². The van der Waals surface area contributed by atoms with Crippen LogP contribution in [0.3, 0.4) is 0 Å². The number of unbranched alkanes of at least 4 members (excludes halogenated alkanes) is 1. The number of nitrogens with zero attached hydrogens (tertiary/aromatic N) is 2. The highest BCUT2D eigenvalue weighted by molar-refractivity contribution is 5.16. The highest BCUT2D eigenvalue weighted by atomic mass is 15.1. The molecule has 3 heteroatoms. The molecule has 16 heavy (non-hydrogen) atoms. The lowest BCUT2D eigenvalue weighted by molar-refractivity contribution is 0.549. The lowest BCUT2D eigenvalue weighted by Crippen LogP contribution is -2.15. The van der Waals surface area contributed by atoms with E-state index in [0.717, 1.165) is 19.6 Å². The monoisotopic (exact) mass is 221 g/mol. The van der Waals surface area contributed by atoms with Crippen LogP contribution in [0, 0.1) is 0 Å².